The number of carbonyl (C=O) groups is 1. The van der Waals surface area contributed by atoms with E-state index < -0.39 is 0 Å². The second-order valence-corrected chi connectivity index (χ2v) is 6.26. The quantitative estimate of drug-likeness (QED) is 0.805. The minimum Gasteiger partial charge on any atom is -0.324 e. The number of pyridine rings is 1. The fourth-order valence-electron chi connectivity index (χ4n) is 3.22. The number of aromatic nitrogens is 3. The average Bonchev–Trinajstić information content (AvgIpc) is 3.30. The summed E-state index contributed by atoms with van der Waals surface area (Å²) in [7, 11) is 1.84. The van der Waals surface area contributed by atoms with Crippen molar-refractivity contribution in [2.24, 2.45) is 13.0 Å². The van der Waals surface area contributed by atoms with Crippen LogP contribution in [-0.4, -0.2) is 20.7 Å². The molecule has 0 spiro atoms. The molecule has 1 aliphatic rings. The molecule has 1 N–H and O–H groups in total. The van der Waals surface area contributed by atoms with E-state index in [0.29, 0.717) is 17.7 Å². The normalized spacial score (nSPS) is 19.5. The van der Waals surface area contributed by atoms with Crippen molar-refractivity contribution in [3.63, 3.8) is 0 Å². The summed E-state index contributed by atoms with van der Waals surface area (Å²) in [5.74, 6) is -0.562. The van der Waals surface area contributed by atoms with Crippen LogP contribution in [0.2, 0.25) is 0 Å². The van der Waals surface area contributed by atoms with Gasteiger partial charge in [-0.05, 0) is 37.0 Å². The van der Waals surface area contributed by atoms with Crippen molar-refractivity contribution in [2.45, 2.75) is 19.3 Å². The molecule has 1 aromatic carbocycles. The zero-order valence-corrected chi connectivity index (χ0v) is 13.5. The molecule has 0 saturated heterocycles. The van der Waals surface area contributed by atoms with Crippen molar-refractivity contribution < 1.29 is 9.18 Å². The Morgan fingerprint density at radius 1 is 1.38 bits per heavy atom. The first-order valence-electron chi connectivity index (χ1n) is 7.89. The number of rotatable bonds is 3. The van der Waals surface area contributed by atoms with Gasteiger partial charge in [0.2, 0.25) is 5.91 Å². The van der Waals surface area contributed by atoms with Gasteiger partial charge in [0.05, 0.1) is 17.6 Å². The fraction of sp³-hybridized carbons (Fsp3) is 0.278. The maximum absolute atomic E-state index is 13.8. The number of nitrogens with one attached hydrogen (secondary N) is 1. The van der Waals surface area contributed by atoms with Crippen LogP contribution < -0.4 is 5.32 Å². The minimum atomic E-state index is -0.244. The molecule has 3 aromatic rings. The zero-order valence-electron chi connectivity index (χ0n) is 13.5. The van der Waals surface area contributed by atoms with Crippen LogP contribution in [0.1, 0.15) is 23.6 Å². The van der Waals surface area contributed by atoms with Crippen LogP contribution in [0, 0.1) is 18.7 Å². The lowest BCUT2D eigenvalue weighted by molar-refractivity contribution is -0.117. The highest BCUT2D eigenvalue weighted by atomic mass is 19.1. The largest absolute Gasteiger partial charge is 0.324 e. The molecular formula is C18H17FN4O. The Morgan fingerprint density at radius 2 is 2.17 bits per heavy atom. The van der Waals surface area contributed by atoms with Gasteiger partial charge < -0.3 is 5.32 Å². The summed E-state index contributed by atoms with van der Waals surface area (Å²) >= 11 is 0. The molecule has 24 heavy (non-hydrogen) atoms. The summed E-state index contributed by atoms with van der Waals surface area (Å²) in [6, 6.07) is 8.52. The van der Waals surface area contributed by atoms with E-state index in [0.717, 1.165) is 16.7 Å². The van der Waals surface area contributed by atoms with Gasteiger partial charge in [0.25, 0.3) is 0 Å². The molecule has 1 saturated carbocycles. The van der Waals surface area contributed by atoms with Crippen LogP contribution in [0.4, 0.5) is 10.1 Å². The maximum Gasteiger partial charge on any atom is 0.228 e. The van der Waals surface area contributed by atoms with Gasteiger partial charge in [-0.15, -0.1) is 0 Å². The van der Waals surface area contributed by atoms with Gasteiger partial charge >= 0.3 is 0 Å². The summed E-state index contributed by atoms with van der Waals surface area (Å²) in [5, 5.41) is 8.12. The Labute approximate surface area is 138 Å². The van der Waals surface area contributed by atoms with Gasteiger partial charge in [0.1, 0.15) is 5.82 Å². The lowest BCUT2D eigenvalue weighted by atomic mass is 10.1. The molecule has 1 amide bonds. The van der Waals surface area contributed by atoms with E-state index >= 15 is 0 Å². The van der Waals surface area contributed by atoms with Gasteiger partial charge in [-0.25, -0.2) is 9.37 Å². The number of halogens is 1. The highest BCUT2D eigenvalue weighted by Gasteiger charge is 2.45. The molecule has 0 aliphatic heterocycles. The highest BCUT2D eigenvalue weighted by molar-refractivity contribution is 5.96. The molecule has 1 aliphatic carbocycles. The monoisotopic (exact) mass is 324 g/mol. The summed E-state index contributed by atoms with van der Waals surface area (Å²) in [6.45, 7) is 1.91. The molecule has 2 aromatic heterocycles. The van der Waals surface area contributed by atoms with Crippen molar-refractivity contribution in [2.75, 3.05) is 5.32 Å². The molecule has 2 atom stereocenters. The lowest BCUT2D eigenvalue weighted by Gasteiger charge is -2.06. The Balaban J connectivity index is 1.51. The van der Waals surface area contributed by atoms with Crippen molar-refractivity contribution in [3.05, 3.63) is 53.6 Å². The van der Waals surface area contributed by atoms with E-state index in [4.69, 9.17) is 0 Å². The molecule has 5 nitrogen and oxygen atoms in total. The van der Waals surface area contributed by atoms with Crippen LogP contribution in [0.5, 0.6) is 0 Å². The Kier molecular flexibility index (Phi) is 3.33. The van der Waals surface area contributed by atoms with Gasteiger partial charge in [0, 0.05) is 18.4 Å². The fourth-order valence-corrected chi connectivity index (χ4v) is 3.22. The highest BCUT2D eigenvalue weighted by Crippen LogP contribution is 2.48. The van der Waals surface area contributed by atoms with Crippen LogP contribution in [0.25, 0.3) is 11.0 Å². The predicted molar refractivity (Wildman–Crippen MR) is 89.1 cm³/mol. The van der Waals surface area contributed by atoms with E-state index in [9.17, 15) is 9.18 Å². The first-order valence-corrected chi connectivity index (χ1v) is 7.89. The molecule has 0 bridgehead atoms. The van der Waals surface area contributed by atoms with Crippen molar-refractivity contribution in [1.29, 1.82) is 0 Å². The van der Waals surface area contributed by atoms with Crippen LogP contribution in [0.15, 0.2) is 36.5 Å². The topological polar surface area (TPSA) is 59.8 Å². The van der Waals surface area contributed by atoms with Gasteiger partial charge in [-0.2, -0.15) is 5.10 Å². The van der Waals surface area contributed by atoms with E-state index in [1.807, 2.05) is 20.0 Å². The van der Waals surface area contributed by atoms with Crippen molar-refractivity contribution >= 4 is 22.6 Å². The number of benzene rings is 1. The van der Waals surface area contributed by atoms with Crippen LogP contribution in [0.3, 0.4) is 0 Å². The number of carbonyl (C=O) groups excluding carboxylic acids is 1. The molecule has 2 unspecified atom stereocenters. The number of hydrogen-bond donors (Lipinski definition) is 1. The van der Waals surface area contributed by atoms with Crippen LogP contribution >= 0.6 is 0 Å². The SMILES string of the molecule is Cc1nn(C)c2ncc(NC(=O)C3CC3c3ccccc3F)cc12. The Morgan fingerprint density at radius 3 is 2.96 bits per heavy atom. The predicted octanol–water partition coefficient (Wildman–Crippen LogP) is 3.16. The molecule has 0 radical (unpaired) electrons. The summed E-state index contributed by atoms with van der Waals surface area (Å²) in [6.07, 6.45) is 2.30. The first kappa shape index (κ1) is 14.8. The first-order chi connectivity index (χ1) is 11.5. The smallest absolute Gasteiger partial charge is 0.228 e. The number of nitrogens with zero attached hydrogens (tertiary/aromatic N) is 3. The van der Waals surface area contributed by atoms with Gasteiger partial charge in [-0.1, -0.05) is 18.2 Å². The Hall–Kier alpha value is -2.76. The summed E-state index contributed by atoms with van der Waals surface area (Å²) in [5.41, 5.74) is 2.91. The van der Waals surface area contributed by atoms with Crippen LogP contribution in [-0.2, 0) is 11.8 Å². The summed E-state index contributed by atoms with van der Waals surface area (Å²) in [4.78, 5) is 16.8. The third-order valence-electron chi connectivity index (χ3n) is 4.56. The second-order valence-electron chi connectivity index (χ2n) is 6.26. The maximum atomic E-state index is 13.8. The third kappa shape index (κ3) is 2.44. The lowest BCUT2D eigenvalue weighted by Crippen LogP contribution is -2.15. The van der Waals surface area contributed by atoms with Crippen molar-refractivity contribution in [3.8, 4) is 0 Å². The summed E-state index contributed by atoms with van der Waals surface area (Å²) < 4.78 is 15.5. The van der Waals surface area contributed by atoms with E-state index in [-0.39, 0.29) is 23.6 Å². The third-order valence-corrected chi connectivity index (χ3v) is 4.56. The van der Waals surface area contributed by atoms with E-state index in [1.54, 1.807) is 29.1 Å². The molecule has 1 fully saturated rings. The number of anilines is 1. The van der Waals surface area contributed by atoms with E-state index in [2.05, 4.69) is 15.4 Å². The number of aryl methyl sites for hydroxylation is 2. The minimum absolute atomic E-state index is 0.0389. The number of amides is 1. The number of fused-ring (bicyclic) bond motifs is 1. The standard InChI is InChI=1S/C18H17FN4O/c1-10-13-7-11(9-20-17(13)23(2)22-10)21-18(24)15-8-14(15)12-5-3-4-6-16(12)19/h3-7,9,14-15H,8H2,1-2H3,(H,21,24). The van der Waals surface area contributed by atoms with Gasteiger partial charge in [-0.3, -0.25) is 9.48 Å². The van der Waals surface area contributed by atoms with E-state index in [1.165, 1.54) is 6.07 Å². The molecule has 2 heterocycles. The zero-order chi connectivity index (χ0) is 16.8. The molecule has 4 rings (SSSR count). The molecule has 122 valence electrons. The molecular weight excluding hydrogens is 307 g/mol. The van der Waals surface area contributed by atoms with Crippen molar-refractivity contribution in [1.82, 2.24) is 14.8 Å². The Bertz CT molecular complexity index is 949. The van der Waals surface area contributed by atoms with Gasteiger partial charge in [0.15, 0.2) is 5.65 Å². The number of hydrogen-bond acceptors (Lipinski definition) is 3. The second kappa shape index (κ2) is 5.40. The average molecular weight is 324 g/mol. The molecule has 6 heteroatoms.